The summed E-state index contributed by atoms with van der Waals surface area (Å²) in [7, 11) is 0. The normalized spacial score (nSPS) is 21.8. The summed E-state index contributed by atoms with van der Waals surface area (Å²) >= 11 is 4.75. The van der Waals surface area contributed by atoms with Crippen molar-refractivity contribution in [1.29, 1.82) is 0 Å². The molecule has 4 unspecified atom stereocenters. The molecule has 1 N–H and O–H groups in total. The predicted molar refractivity (Wildman–Crippen MR) is 176 cm³/mol. The van der Waals surface area contributed by atoms with Crippen LogP contribution < -0.4 is 5.32 Å². The van der Waals surface area contributed by atoms with Crippen molar-refractivity contribution in [1.82, 2.24) is 20.0 Å². The van der Waals surface area contributed by atoms with Crippen LogP contribution in [0, 0.1) is 23.7 Å². The molecule has 0 saturated carbocycles. The van der Waals surface area contributed by atoms with Gasteiger partial charge < -0.3 is 19.9 Å². The van der Waals surface area contributed by atoms with Gasteiger partial charge in [0.05, 0.1) is 0 Å². The van der Waals surface area contributed by atoms with E-state index < -0.39 is 5.43 Å². The fourth-order valence-electron chi connectivity index (χ4n) is 5.21. The second kappa shape index (κ2) is 24.2. The summed E-state index contributed by atoms with van der Waals surface area (Å²) in [6.07, 6.45) is 1.44. The largest absolute Gasteiger partial charge is 0.449 e. The Morgan fingerprint density at radius 2 is 1.50 bits per heavy atom. The van der Waals surface area contributed by atoms with Gasteiger partial charge in [0.2, 0.25) is 0 Å². The highest BCUT2D eigenvalue weighted by Crippen LogP contribution is 2.25. The van der Waals surface area contributed by atoms with Crippen molar-refractivity contribution >= 4 is 17.0 Å². The first-order valence-corrected chi connectivity index (χ1v) is 15.0. The maximum atomic E-state index is 9.70. The first kappa shape index (κ1) is 40.7. The molecule has 0 amide bonds. The van der Waals surface area contributed by atoms with Gasteiger partial charge in [-0.3, -0.25) is 4.90 Å². The van der Waals surface area contributed by atoms with E-state index in [2.05, 4.69) is 103 Å². The van der Waals surface area contributed by atoms with Crippen molar-refractivity contribution in [3.8, 4) is 0 Å². The van der Waals surface area contributed by atoms with Gasteiger partial charge in [0, 0.05) is 44.3 Å². The number of likely N-dealkylation sites (tertiary alicyclic amines) is 1. The average Bonchev–Trinajstić information content (AvgIpc) is 3.49. The lowest BCUT2D eigenvalue weighted by Crippen LogP contribution is -2.32. The number of benzene rings is 1. The molecule has 7 heteroatoms. The van der Waals surface area contributed by atoms with Gasteiger partial charge in [-0.1, -0.05) is 99.4 Å². The van der Waals surface area contributed by atoms with Crippen molar-refractivity contribution in [2.24, 2.45) is 23.7 Å². The molecule has 40 heavy (non-hydrogen) atoms. The van der Waals surface area contributed by atoms with Crippen LogP contribution in [0.15, 0.2) is 43.0 Å². The lowest BCUT2D eigenvalue weighted by molar-refractivity contribution is 0.186. The third-order valence-corrected chi connectivity index (χ3v) is 7.97. The molecule has 0 aromatic heterocycles. The fourth-order valence-corrected chi connectivity index (χ4v) is 5.27. The van der Waals surface area contributed by atoms with E-state index in [1.54, 1.807) is 0 Å². The van der Waals surface area contributed by atoms with E-state index in [1.165, 1.54) is 77.1 Å². The van der Waals surface area contributed by atoms with Crippen LogP contribution in [-0.2, 0) is 11.3 Å². The molecule has 2 saturated heterocycles. The van der Waals surface area contributed by atoms with Gasteiger partial charge in [0.1, 0.15) is 6.61 Å². The number of carbonyl (C=O) groups is 1. The molecule has 6 nitrogen and oxygen atoms in total. The van der Waals surface area contributed by atoms with Crippen LogP contribution >= 0.6 is 11.6 Å². The molecule has 4 atom stereocenters. The van der Waals surface area contributed by atoms with E-state index in [-0.39, 0.29) is 21.5 Å². The second-order valence-electron chi connectivity index (χ2n) is 10.6. The lowest BCUT2D eigenvalue weighted by atomic mass is 9.98. The second-order valence-corrected chi connectivity index (χ2v) is 10.9. The zero-order valence-electron chi connectivity index (χ0n) is 25.0. The molecule has 1 aromatic carbocycles. The standard InChI is InChI=1S/C17H28N2.C10H22N2.C4H5ClO2.2CH4/c1-4-18(5-2)13-17-14-19(11-15(17)3)12-16-9-7-6-8-10-16;1-4-12(5-2)8-10-7-11-6-9(10)3;1-2-3-7-4(5)6;;/h6-10,15,17H,4-5,11-14H2,1-3H3;9-11H,4-8H2,1-3H3;2H,1,3H2;2*1H4. The highest BCUT2D eigenvalue weighted by Gasteiger charge is 2.30. The Bertz CT molecular complexity index is 743. The maximum Gasteiger partial charge on any atom is 0.404 e. The quantitative estimate of drug-likeness (QED) is 0.209. The van der Waals surface area contributed by atoms with Gasteiger partial charge in [-0.25, -0.2) is 4.79 Å². The monoisotopic (exact) mass is 582 g/mol. The Kier molecular flexibility index (Phi) is 24.6. The first-order valence-electron chi connectivity index (χ1n) is 14.6. The van der Waals surface area contributed by atoms with Gasteiger partial charge in [-0.15, -0.1) is 0 Å². The minimum absolute atomic E-state index is 0. The molecular weight excluding hydrogens is 520 g/mol. The Hall–Kier alpha value is -1.44. The van der Waals surface area contributed by atoms with E-state index in [1.807, 2.05) is 0 Å². The van der Waals surface area contributed by atoms with Crippen LogP contribution in [0.4, 0.5) is 4.79 Å². The zero-order chi connectivity index (χ0) is 28.3. The van der Waals surface area contributed by atoms with Crippen molar-refractivity contribution in [3.05, 3.63) is 48.6 Å². The van der Waals surface area contributed by atoms with E-state index >= 15 is 0 Å². The summed E-state index contributed by atoms with van der Waals surface area (Å²) in [5, 5.41) is 3.45. The maximum absolute atomic E-state index is 9.70. The SMILES string of the molecule is C.C.C=CCOC(=O)Cl.CCN(CC)CC1CN(Cc2ccccc2)CC1C.CCN(CC)CC1CNCC1C. The number of rotatable bonds is 12. The Labute approximate surface area is 253 Å². The van der Waals surface area contributed by atoms with Crippen LogP contribution in [-0.4, -0.2) is 92.2 Å². The molecule has 2 fully saturated rings. The Morgan fingerprint density at radius 3 is 1.93 bits per heavy atom. The number of hydrogen-bond donors (Lipinski definition) is 1. The molecule has 1 aromatic rings. The van der Waals surface area contributed by atoms with Gasteiger partial charge in [0.25, 0.3) is 0 Å². The fraction of sp³-hybridized carbons (Fsp3) is 0.727. The van der Waals surface area contributed by atoms with Crippen LogP contribution in [0.3, 0.4) is 0 Å². The average molecular weight is 583 g/mol. The summed E-state index contributed by atoms with van der Waals surface area (Å²) in [6, 6.07) is 10.9. The van der Waals surface area contributed by atoms with E-state index in [4.69, 9.17) is 11.6 Å². The van der Waals surface area contributed by atoms with E-state index in [9.17, 15) is 4.79 Å². The van der Waals surface area contributed by atoms with Gasteiger partial charge >= 0.3 is 5.43 Å². The van der Waals surface area contributed by atoms with Crippen LogP contribution in [0.25, 0.3) is 0 Å². The molecule has 0 radical (unpaired) electrons. The third kappa shape index (κ3) is 16.7. The molecular formula is C33H63ClN4O2. The summed E-state index contributed by atoms with van der Waals surface area (Å²) < 4.78 is 4.20. The van der Waals surface area contributed by atoms with Crippen molar-refractivity contribution in [2.45, 2.75) is 62.9 Å². The Morgan fingerprint density at radius 1 is 0.950 bits per heavy atom. The lowest BCUT2D eigenvalue weighted by Gasteiger charge is -2.24. The van der Waals surface area contributed by atoms with E-state index in [0.717, 1.165) is 30.2 Å². The summed E-state index contributed by atoms with van der Waals surface area (Å²) in [6.45, 7) is 30.6. The number of carbonyl (C=O) groups excluding carboxylic acids is 1. The van der Waals surface area contributed by atoms with Crippen molar-refractivity contribution in [3.63, 3.8) is 0 Å². The van der Waals surface area contributed by atoms with Crippen LogP contribution in [0.2, 0.25) is 0 Å². The number of nitrogens with one attached hydrogen (secondary N) is 1. The molecule has 234 valence electrons. The number of hydrogen-bond acceptors (Lipinski definition) is 6. The minimum atomic E-state index is -0.792. The molecule has 2 heterocycles. The summed E-state index contributed by atoms with van der Waals surface area (Å²) in [4.78, 5) is 17.4. The highest BCUT2D eigenvalue weighted by atomic mass is 35.5. The topological polar surface area (TPSA) is 48.1 Å². The van der Waals surface area contributed by atoms with E-state index in [0.29, 0.717) is 0 Å². The molecule has 0 bridgehead atoms. The number of ether oxygens (including phenoxy) is 1. The predicted octanol–water partition coefficient (Wildman–Crippen LogP) is 7.10. The van der Waals surface area contributed by atoms with Gasteiger partial charge in [-0.2, -0.15) is 0 Å². The number of nitrogens with zero attached hydrogens (tertiary/aromatic N) is 3. The van der Waals surface area contributed by atoms with Crippen molar-refractivity contribution in [2.75, 3.05) is 72.1 Å². The van der Waals surface area contributed by atoms with Gasteiger partial charge in [0.15, 0.2) is 0 Å². The first-order chi connectivity index (χ1) is 18.3. The number of halogens is 1. The minimum Gasteiger partial charge on any atom is -0.449 e. The molecule has 3 rings (SSSR count). The molecule has 2 aliphatic rings. The molecule has 0 spiro atoms. The highest BCUT2D eigenvalue weighted by molar-refractivity contribution is 6.61. The van der Waals surface area contributed by atoms with Gasteiger partial charge in [-0.05, 0) is 68.5 Å². The summed E-state index contributed by atoms with van der Waals surface area (Å²) in [5.41, 5.74) is 0.651. The molecule has 0 aliphatic carbocycles. The smallest absolute Gasteiger partial charge is 0.404 e. The summed E-state index contributed by atoms with van der Waals surface area (Å²) in [5.74, 6) is 3.41. The third-order valence-electron chi connectivity index (χ3n) is 7.86. The van der Waals surface area contributed by atoms with Crippen molar-refractivity contribution < 1.29 is 9.53 Å². The zero-order valence-corrected chi connectivity index (χ0v) is 25.8. The van der Waals surface area contributed by atoms with Crippen LogP contribution in [0.1, 0.15) is 62.0 Å². The molecule has 2 aliphatic heterocycles. The van der Waals surface area contributed by atoms with Crippen LogP contribution in [0.5, 0.6) is 0 Å². The Balaban J connectivity index is 0.